The summed E-state index contributed by atoms with van der Waals surface area (Å²) in [5.74, 6) is 2.83. The van der Waals surface area contributed by atoms with Crippen LogP contribution in [0.2, 0.25) is 19.6 Å². The molecule has 2 bridgehead atoms. The molecule has 1 aromatic carbocycles. The highest BCUT2D eigenvalue weighted by molar-refractivity contribution is 6.83. The first-order valence-corrected chi connectivity index (χ1v) is 13.2. The van der Waals surface area contributed by atoms with Gasteiger partial charge in [0.15, 0.2) is 0 Å². The van der Waals surface area contributed by atoms with Gasteiger partial charge in [-0.2, -0.15) is 0 Å². The van der Waals surface area contributed by atoms with Gasteiger partial charge in [-0.1, -0.05) is 25.6 Å². The van der Waals surface area contributed by atoms with Gasteiger partial charge in [-0.25, -0.2) is 0 Å². The van der Waals surface area contributed by atoms with Crippen LogP contribution in [0.15, 0.2) is 18.2 Å². The first-order chi connectivity index (χ1) is 12.6. The maximum atomic E-state index is 12.7. The minimum Gasteiger partial charge on any atom is -0.398 e. The number of anilines is 1. The minimum atomic E-state index is -1.49. The zero-order valence-electron chi connectivity index (χ0n) is 16.7. The first-order valence-electron chi connectivity index (χ1n) is 9.68. The van der Waals surface area contributed by atoms with Crippen molar-refractivity contribution < 1.29 is 4.79 Å². The Hall–Kier alpha value is -2.10. The maximum Gasteiger partial charge on any atom is 0.270 e. The summed E-state index contributed by atoms with van der Waals surface area (Å²) in [5.41, 5.74) is 11.0. The second-order valence-electron chi connectivity index (χ2n) is 8.87. The number of nitrogen functional groups attached to an aromatic ring is 1. The molecule has 0 saturated carbocycles. The molecule has 6 heteroatoms. The van der Waals surface area contributed by atoms with Crippen LogP contribution in [0.4, 0.5) is 5.69 Å². The highest BCUT2D eigenvalue weighted by Crippen LogP contribution is 2.34. The predicted molar refractivity (Wildman–Crippen MR) is 114 cm³/mol. The SMILES string of the molecule is CN1C2CCC1CC(NC(=O)C(=N)c1cc(C#C[Si](C)(C)C)ccc1N)C2. The molecule has 4 N–H and O–H groups in total. The summed E-state index contributed by atoms with van der Waals surface area (Å²) >= 11 is 0. The third-order valence-electron chi connectivity index (χ3n) is 5.56. The van der Waals surface area contributed by atoms with Gasteiger partial charge in [-0.15, -0.1) is 5.54 Å². The van der Waals surface area contributed by atoms with E-state index in [0.29, 0.717) is 23.3 Å². The standard InChI is InChI=1S/C21H30N4OSi/c1-25-16-6-7-17(25)13-15(12-16)24-21(26)20(23)18-11-14(5-8-19(18)22)9-10-27(2,3)4/h5,8,11,15-17,23H,6-7,12-13,22H2,1-4H3,(H,24,26). The largest absolute Gasteiger partial charge is 0.398 e. The van der Waals surface area contributed by atoms with Crippen LogP contribution in [0, 0.1) is 16.9 Å². The molecule has 144 valence electrons. The molecule has 3 rings (SSSR count). The smallest absolute Gasteiger partial charge is 0.270 e. The molecule has 2 unspecified atom stereocenters. The van der Waals surface area contributed by atoms with E-state index in [4.69, 9.17) is 11.1 Å². The van der Waals surface area contributed by atoms with E-state index in [1.165, 1.54) is 12.8 Å². The fraction of sp³-hybridized carbons (Fsp3) is 0.524. The zero-order valence-corrected chi connectivity index (χ0v) is 17.7. The van der Waals surface area contributed by atoms with E-state index in [2.05, 4.69) is 48.4 Å². The molecule has 2 aliphatic heterocycles. The molecule has 0 spiro atoms. The van der Waals surface area contributed by atoms with E-state index < -0.39 is 8.07 Å². The lowest BCUT2D eigenvalue weighted by atomic mass is 9.97. The summed E-state index contributed by atoms with van der Waals surface area (Å²) in [6, 6.07) is 6.60. The van der Waals surface area contributed by atoms with Crippen molar-refractivity contribution in [3.63, 3.8) is 0 Å². The summed E-state index contributed by atoms with van der Waals surface area (Å²) < 4.78 is 0. The van der Waals surface area contributed by atoms with Gasteiger partial charge in [0, 0.05) is 34.9 Å². The Kier molecular flexibility index (Phi) is 5.45. The number of carbonyl (C=O) groups excluding carboxylic acids is 1. The van der Waals surface area contributed by atoms with Crippen molar-refractivity contribution >= 4 is 25.4 Å². The van der Waals surface area contributed by atoms with Crippen molar-refractivity contribution in [1.29, 1.82) is 5.41 Å². The van der Waals surface area contributed by atoms with Gasteiger partial charge in [0.25, 0.3) is 5.91 Å². The number of nitrogens with two attached hydrogens (primary N) is 1. The van der Waals surface area contributed by atoms with Crippen LogP contribution in [0.1, 0.15) is 36.8 Å². The summed E-state index contributed by atoms with van der Waals surface area (Å²) in [6.45, 7) is 6.55. The number of hydrogen-bond donors (Lipinski definition) is 3. The van der Waals surface area contributed by atoms with E-state index in [1.54, 1.807) is 12.1 Å². The molecule has 5 nitrogen and oxygen atoms in total. The zero-order chi connectivity index (χ0) is 19.8. The molecule has 0 radical (unpaired) electrons. The summed E-state index contributed by atoms with van der Waals surface area (Å²) in [6.07, 6.45) is 4.33. The highest BCUT2D eigenvalue weighted by atomic mass is 28.3. The average molecular weight is 383 g/mol. The molecule has 1 aromatic rings. The van der Waals surface area contributed by atoms with Crippen LogP contribution in [-0.4, -0.2) is 49.8 Å². The van der Waals surface area contributed by atoms with Gasteiger partial charge < -0.3 is 16.0 Å². The summed E-state index contributed by atoms with van der Waals surface area (Å²) in [4.78, 5) is 15.1. The third kappa shape index (κ3) is 4.60. The van der Waals surface area contributed by atoms with Gasteiger partial charge in [-0.05, 0) is 50.9 Å². The van der Waals surface area contributed by atoms with Gasteiger partial charge in [0.05, 0.1) is 0 Å². The fourth-order valence-corrected chi connectivity index (χ4v) is 4.54. The van der Waals surface area contributed by atoms with Crippen LogP contribution >= 0.6 is 0 Å². The van der Waals surface area contributed by atoms with Gasteiger partial charge in [0.1, 0.15) is 13.8 Å². The Labute approximate surface area is 163 Å². The molecule has 27 heavy (non-hydrogen) atoms. The lowest BCUT2D eigenvalue weighted by Gasteiger charge is -2.36. The first kappa shape index (κ1) is 19.7. The van der Waals surface area contributed by atoms with Gasteiger partial charge >= 0.3 is 0 Å². The normalized spacial score (nSPS) is 24.8. The maximum absolute atomic E-state index is 12.7. The summed E-state index contributed by atoms with van der Waals surface area (Å²) in [5, 5.41) is 11.4. The number of piperidine rings is 1. The summed E-state index contributed by atoms with van der Waals surface area (Å²) in [7, 11) is 0.685. The Morgan fingerprint density at radius 2 is 1.89 bits per heavy atom. The Morgan fingerprint density at radius 1 is 1.26 bits per heavy atom. The molecule has 2 heterocycles. The van der Waals surface area contributed by atoms with Crippen LogP contribution in [-0.2, 0) is 4.79 Å². The van der Waals surface area contributed by atoms with Crippen molar-refractivity contribution in [3.05, 3.63) is 29.3 Å². The van der Waals surface area contributed by atoms with Crippen LogP contribution < -0.4 is 11.1 Å². The molecule has 2 fully saturated rings. The second-order valence-corrected chi connectivity index (χ2v) is 13.6. The molecular formula is C21H30N4OSi. The number of benzene rings is 1. The van der Waals surface area contributed by atoms with E-state index in [-0.39, 0.29) is 17.7 Å². The Morgan fingerprint density at radius 3 is 2.48 bits per heavy atom. The molecule has 2 aliphatic rings. The van der Waals surface area contributed by atoms with Crippen molar-refractivity contribution in [3.8, 4) is 11.5 Å². The monoisotopic (exact) mass is 382 g/mol. The van der Waals surface area contributed by atoms with E-state index >= 15 is 0 Å². The number of nitrogens with zero attached hydrogens (tertiary/aromatic N) is 1. The lowest BCUT2D eigenvalue weighted by molar-refractivity contribution is -0.115. The Balaban J connectivity index is 1.71. The Bertz CT molecular complexity index is 804. The lowest BCUT2D eigenvalue weighted by Crippen LogP contribution is -2.50. The number of rotatable bonds is 3. The van der Waals surface area contributed by atoms with Crippen molar-refractivity contribution in [2.75, 3.05) is 12.8 Å². The molecule has 0 aromatic heterocycles. The fourth-order valence-electron chi connectivity index (χ4n) is 4.02. The highest BCUT2D eigenvalue weighted by Gasteiger charge is 2.39. The number of fused-ring (bicyclic) bond motifs is 2. The minimum absolute atomic E-state index is 0.0737. The van der Waals surface area contributed by atoms with E-state index in [1.807, 2.05) is 6.07 Å². The van der Waals surface area contributed by atoms with Gasteiger partial charge in [0.2, 0.25) is 0 Å². The number of carbonyl (C=O) groups is 1. The number of hydrogen-bond acceptors (Lipinski definition) is 4. The molecule has 2 saturated heterocycles. The van der Waals surface area contributed by atoms with Gasteiger partial charge in [-0.3, -0.25) is 10.2 Å². The van der Waals surface area contributed by atoms with Crippen molar-refractivity contribution in [1.82, 2.24) is 10.2 Å². The second kappa shape index (κ2) is 7.49. The molecule has 2 atom stereocenters. The van der Waals surface area contributed by atoms with Crippen molar-refractivity contribution in [2.24, 2.45) is 0 Å². The van der Waals surface area contributed by atoms with Crippen molar-refractivity contribution in [2.45, 2.75) is 63.4 Å². The van der Waals surface area contributed by atoms with E-state index in [0.717, 1.165) is 18.4 Å². The van der Waals surface area contributed by atoms with E-state index in [9.17, 15) is 4.79 Å². The number of amides is 1. The molecule has 0 aliphatic carbocycles. The average Bonchev–Trinajstić information content (AvgIpc) is 2.81. The molecular weight excluding hydrogens is 352 g/mol. The topological polar surface area (TPSA) is 82.2 Å². The molecule has 1 amide bonds. The van der Waals surface area contributed by atoms with Crippen LogP contribution in [0.5, 0.6) is 0 Å². The quantitative estimate of drug-likeness (QED) is 0.325. The number of nitrogens with one attached hydrogen (secondary N) is 2. The predicted octanol–water partition coefficient (Wildman–Crippen LogP) is 2.61. The van der Waals surface area contributed by atoms with Crippen LogP contribution in [0.25, 0.3) is 0 Å². The van der Waals surface area contributed by atoms with Crippen LogP contribution in [0.3, 0.4) is 0 Å². The third-order valence-corrected chi connectivity index (χ3v) is 6.44.